The van der Waals surface area contributed by atoms with Crippen LogP contribution in [0.2, 0.25) is 0 Å². The van der Waals surface area contributed by atoms with Crippen LogP contribution in [0.3, 0.4) is 0 Å². The van der Waals surface area contributed by atoms with Gasteiger partial charge in [0.15, 0.2) is 0 Å². The van der Waals surface area contributed by atoms with E-state index in [9.17, 15) is 13.2 Å². The number of hydrogen-bond donors (Lipinski definition) is 2. The van der Waals surface area contributed by atoms with Gasteiger partial charge in [-0.15, -0.1) is 0 Å². The number of carboxylic acid groups (broad SMARTS) is 1. The lowest BCUT2D eigenvalue weighted by atomic mass is 9.95. The van der Waals surface area contributed by atoms with Gasteiger partial charge in [0, 0.05) is 24.9 Å². The van der Waals surface area contributed by atoms with E-state index in [0.29, 0.717) is 0 Å². The summed E-state index contributed by atoms with van der Waals surface area (Å²) in [5.74, 6) is -2.04. The Morgan fingerprint density at radius 3 is 2.37 bits per heavy atom. The zero-order valence-electron chi connectivity index (χ0n) is 10.4. The molecule has 1 aromatic heterocycles. The first-order valence-electron chi connectivity index (χ1n) is 5.81. The molecule has 1 aliphatic heterocycles. The monoisotopic (exact) mass is 279 g/mol. The van der Waals surface area contributed by atoms with Crippen molar-refractivity contribution < 1.29 is 23.1 Å². The van der Waals surface area contributed by atoms with Crippen LogP contribution in [0, 0.1) is 0 Å². The van der Waals surface area contributed by atoms with Crippen molar-refractivity contribution >= 4 is 5.97 Å². The quantitative estimate of drug-likeness (QED) is 0.818. The molecule has 19 heavy (non-hydrogen) atoms. The van der Waals surface area contributed by atoms with Gasteiger partial charge >= 0.3 is 12.1 Å². The molecule has 2 N–H and O–H groups in total. The van der Waals surface area contributed by atoms with Gasteiger partial charge in [-0.25, -0.2) is 4.79 Å². The van der Waals surface area contributed by atoms with E-state index in [1.165, 1.54) is 18.5 Å². The molecule has 0 aliphatic carbocycles. The molecule has 1 saturated heterocycles. The number of aromatic nitrogens is 2. The Morgan fingerprint density at radius 2 is 2.00 bits per heavy atom. The molecule has 1 fully saturated rings. The van der Waals surface area contributed by atoms with E-state index in [0.717, 1.165) is 19.0 Å². The summed E-state index contributed by atoms with van der Waals surface area (Å²) in [6, 6.07) is 2.13. The summed E-state index contributed by atoms with van der Waals surface area (Å²) < 4.78 is 33.7. The van der Waals surface area contributed by atoms with Crippen LogP contribution in [0.1, 0.15) is 24.5 Å². The van der Waals surface area contributed by atoms with Gasteiger partial charge in [-0.3, -0.25) is 4.68 Å². The van der Waals surface area contributed by atoms with Crippen molar-refractivity contribution in [3.63, 3.8) is 0 Å². The summed E-state index contributed by atoms with van der Waals surface area (Å²) in [6.07, 6.45) is -0.698. The lowest BCUT2D eigenvalue weighted by Gasteiger charge is -2.22. The highest BCUT2D eigenvalue weighted by atomic mass is 19.4. The molecular formula is C11H16F3N3O2. The summed E-state index contributed by atoms with van der Waals surface area (Å²) in [4.78, 5) is 8.90. The predicted octanol–water partition coefficient (Wildman–Crippen LogP) is 1.52. The van der Waals surface area contributed by atoms with E-state index in [2.05, 4.69) is 16.5 Å². The summed E-state index contributed by atoms with van der Waals surface area (Å²) in [6.45, 7) is 2.30. The summed E-state index contributed by atoms with van der Waals surface area (Å²) in [7, 11) is 2.03. The van der Waals surface area contributed by atoms with Crippen LogP contribution >= 0.6 is 0 Å². The first kappa shape index (κ1) is 15.5. The number of halogens is 3. The molecule has 2 heterocycles. The second kappa shape index (κ2) is 6.55. The minimum Gasteiger partial charge on any atom is -0.475 e. The smallest absolute Gasteiger partial charge is 0.475 e. The standard InChI is InChI=1S/C9H15N3.C2HF3O2/c1-12-9(4-7-11-12)8-2-5-10-6-3-8;3-2(4,5)1(6)7/h4,7-8,10H,2-3,5-6H2,1H3;(H,6,7). The van der Waals surface area contributed by atoms with E-state index in [1.54, 1.807) is 0 Å². The molecule has 0 spiro atoms. The molecule has 1 aliphatic rings. The molecule has 0 aromatic carbocycles. The average molecular weight is 279 g/mol. The maximum atomic E-state index is 10.6. The summed E-state index contributed by atoms with van der Waals surface area (Å²) in [5, 5.41) is 14.7. The minimum absolute atomic E-state index is 0.721. The molecule has 0 radical (unpaired) electrons. The highest BCUT2D eigenvalue weighted by Gasteiger charge is 2.38. The van der Waals surface area contributed by atoms with Gasteiger partial charge in [0.05, 0.1) is 0 Å². The van der Waals surface area contributed by atoms with Crippen molar-refractivity contribution in [2.24, 2.45) is 7.05 Å². The molecule has 0 amide bonds. The number of carbonyl (C=O) groups is 1. The van der Waals surface area contributed by atoms with Gasteiger partial charge in [-0.1, -0.05) is 0 Å². The third-order valence-electron chi connectivity index (χ3n) is 2.86. The van der Waals surface area contributed by atoms with Crippen LogP contribution in [-0.2, 0) is 11.8 Å². The largest absolute Gasteiger partial charge is 0.490 e. The van der Waals surface area contributed by atoms with Crippen LogP contribution in [0.15, 0.2) is 12.3 Å². The van der Waals surface area contributed by atoms with Crippen LogP contribution in [0.25, 0.3) is 0 Å². The number of alkyl halides is 3. The number of rotatable bonds is 1. The number of nitrogens with zero attached hydrogens (tertiary/aromatic N) is 2. The Labute approximate surface area is 108 Å². The molecule has 0 unspecified atom stereocenters. The van der Waals surface area contributed by atoms with Crippen molar-refractivity contribution in [1.29, 1.82) is 0 Å². The Hall–Kier alpha value is -1.57. The molecular weight excluding hydrogens is 263 g/mol. The van der Waals surface area contributed by atoms with E-state index in [-0.39, 0.29) is 0 Å². The number of piperidine rings is 1. The number of aliphatic carboxylic acids is 1. The van der Waals surface area contributed by atoms with Crippen molar-refractivity contribution in [3.05, 3.63) is 18.0 Å². The fraction of sp³-hybridized carbons (Fsp3) is 0.636. The molecule has 0 atom stereocenters. The van der Waals surface area contributed by atoms with Crippen LogP contribution < -0.4 is 5.32 Å². The first-order chi connectivity index (χ1) is 8.82. The van der Waals surface area contributed by atoms with E-state index < -0.39 is 12.1 Å². The van der Waals surface area contributed by atoms with Gasteiger partial charge < -0.3 is 10.4 Å². The minimum atomic E-state index is -5.08. The zero-order valence-corrected chi connectivity index (χ0v) is 10.4. The summed E-state index contributed by atoms with van der Waals surface area (Å²) in [5.41, 5.74) is 1.39. The van der Waals surface area contributed by atoms with Crippen LogP contribution in [0.5, 0.6) is 0 Å². The van der Waals surface area contributed by atoms with Crippen molar-refractivity contribution in [2.75, 3.05) is 13.1 Å². The van der Waals surface area contributed by atoms with Crippen LogP contribution in [-0.4, -0.2) is 40.1 Å². The van der Waals surface area contributed by atoms with E-state index in [1.807, 2.05) is 17.9 Å². The molecule has 8 heteroatoms. The fourth-order valence-electron chi connectivity index (χ4n) is 1.90. The zero-order chi connectivity index (χ0) is 14.5. The normalized spacial score (nSPS) is 16.6. The predicted molar refractivity (Wildman–Crippen MR) is 61.7 cm³/mol. The highest BCUT2D eigenvalue weighted by molar-refractivity contribution is 5.73. The molecule has 2 rings (SSSR count). The van der Waals surface area contributed by atoms with E-state index >= 15 is 0 Å². The Balaban J connectivity index is 0.000000224. The van der Waals surface area contributed by atoms with Crippen molar-refractivity contribution in [1.82, 2.24) is 15.1 Å². The van der Waals surface area contributed by atoms with E-state index in [4.69, 9.17) is 9.90 Å². The van der Waals surface area contributed by atoms with Crippen LogP contribution in [0.4, 0.5) is 13.2 Å². The summed E-state index contributed by atoms with van der Waals surface area (Å²) >= 11 is 0. The molecule has 5 nitrogen and oxygen atoms in total. The topological polar surface area (TPSA) is 67.2 Å². The highest BCUT2D eigenvalue weighted by Crippen LogP contribution is 2.23. The number of carboxylic acids is 1. The number of aryl methyl sites for hydroxylation is 1. The number of nitrogens with one attached hydrogen (secondary N) is 1. The van der Waals surface area contributed by atoms with Gasteiger partial charge in [0.2, 0.25) is 0 Å². The average Bonchev–Trinajstić information content (AvgIpc) is 2.76. The lowest BCUT2D eigenvalue weighted by molar-refractivity contribution is -0.192. The Kier molecular flexibility index (Phi) is 5.34. The SMILES string of the molecule is Cn1nccc1C1CCNCC1.O=C(O)C(F)(F)F. The second-order valence-electron chi connectivity index (χ2n) is 4.21. The van der Waals surface area contributed by atoms with Gasteiger partial charge in [-0.05, 0) is 32.0 Å². The van der Waals surface area contributed by atoms with Gasteiger partial charge in [0.1, 0.15) is 0 Å². The molecule has 0 bridgehead atoms. The maximum absolute atomic E-state index is 10.6. The fourth-order valence-corrected chi connectivity index (χ4v) is 1.90. The first-order valence-corrected chi connectivity index (χ1v) is 5.81. The maximum Gasteiger partial charge on any atom is 0.490 e. The third kappa shape index (κ3) is 4.90. The Bertz CT molecular complexity index is 412. The Morgan fingerprint density at radius 1 is 1.47 bits per heavy atom. The molecule has 1 aromatic rings. The van der Waals surface area contributed by atoms with Crippen molar-refractivity contribution in [3.8, 4) is 0 Å². The van der Waals surface area contributed by atoms with Gasteiger partial charge in [-0.2, -0.15) is 18.3 Å². The number of hydrogen-bond acceptors (Lipinski definition) is 3. The molecule has 108 valence electrons. The van der Waals surface area contributed by atoms with Gasteiger partial charge in [0.25, 0.3) is 0 Å². The lowest BCUT2D eigenvalue weighted by Crippen LogP contribution is -2.27. The molecule has 0 saturated carbocycles. The van der Waals surface area contributed by atoms with Crippen molar-refractivity contribution in [2.45, 2.75) is 24.9 Å². The second-order valence-corrected chi connectivity index (χ2v) is 4.21. The third-order valence-corrected chi connectivity index (χ3v) is 2.86.